The molecule has 0 heterocycles. The zero-order valence-electron chi connectivity index (χ0n) is 18.3. The molecule has 1 aromatic rings. The molecule has 1 rings (SSSR count). The van der Waals surface area contributed by atoms with Crippen LogP contribution in [-0.4, -0.2) is 82.8 Å². The van der Waals surface area contributed by atoms with Crippen LogP contribution in [0.5, 0.6) is 0 Å². The van der Waals surface area contributed by atoms with E-state index in [4.69, 9.17) is 4.74 Å². The van der Waals surface area contributed by atoms with Gasteiger partial charge in [-0.05, 0) is 38.7 Å². The molecule has 0 bridgehead atoms. The van der Waals surface area contributed by atoms with E-state index in [1.54, 1.807) is 7.11 Å². The van der Waals surface area contributed by atoms with Crippen molar-refractivity contribution in [1.82, 2.24) is 20.4 Å². The minimum absolute atomic E-state index is 0. The average Bonchev–Trinajstić information content (AvgIpc) is 2.71. The van der Waals surface area contributed by atoms with E-state index in [2.05, 4.69) is 76.7 Å². The molecule has 1 aromatic carbocycles. The van der Waals surface area contributed by atoms with Gasteiger partial charge in [-0.25, -0.2) is 0 Å². The second-order valence-electron chi connectivity index (χ2n) is 6.68. The van der Waals surface area contributed by atoms with Crippen molar-refractivity contribution < 1.29 is 4.74 Å². The van der Waals surface area contributed by atoms with E-state index in [1.807, 2.05) is 7.05 Å². The quantitative estimate of drug-likeness (QED) is 0.187. The highest BCUT2D eigenvalue weighted by Gasteiger charge is 2.18. The lowest BCUT2D eigenvalue weighted by Crippen LogP contribution is -2.43. The number of guanidine groups is 1. The van der Waals surface area contributed by atoms with E-state index in [0.717, 1.165) is 58.3 Å². The standard InChI is InChI=1S/C21H39N5O.HI/c1-6-26(7-2)20(19-12-9-8-10-13-19)18-24-21(22-3)23-14-11-15-25(4)16-17-27-5;/h8-10,12-13,20H,6-7,11,14-18H2,1-5H3,(H2,22,23,24);1H. The van der Waals surface area contributed by atoms with Gasteiger partial charge in [-0.3, -0.25) is 9.89 Å². The number of aliphatic imine (C=N–C) groups is 1. The molecule has 0 saturated carbocycles. The topological polar surface area (TPSA) is 52.1 Å². The number of nitrogens with one attached hydrogen (secondary N) is 2. The summed E-state index contributed by atoms with van der Waals surface area (Å²) in [6.45, 7) is 11.0. The minimum atomic E-state index is 0. The molecule has 1 atom stereocenters. The van der Waals surface area contributed by atoms with E-state index in [9.17, 15) is 0 Å². The molecule has 2 N–H and O–H groups in total. The van der Waals surface area contributed by atoms with Crippen LogP contribution in [0.15, 0.2) is 35.3 Å². The lowest BCUT2D eigenvalue weighted by Gasteiger charge is -2.30. The number of ether oxygens (including phenoxy) is 1. The van der Waals surface area contributed by atoms with Gasteiger partial charge >= 0.3 is 0 Å². The summed E-state index contributed by atoms with van der Waals surface area (Å²) >= 11 is 0. The zero-order chi connectivity index (χ0) is 19.9. The number of hydrogen-bond donors (Lipinski definition) is 2. The Balaban J connectivity index is 0.00000729. The van der Waals surface area contributed by atoms with E-state index < -0.39 is 0 Å². The van der Waals surface area contributed by atoms with Crippen molar-refractivity contribution in [2.45, 2.75) is 26.3 Å². The fourth-order valence-corrected chi connectivity index (χ4v) is 3.13. The van der Waals surface area contributed by atoms with Crippen LogP contribution in [0.4, 0.5) is 0 Å². The SMILES string of the molecule is CCN(CC)C(CNC(=NC)NCCCN(C)CCOC)c1ccccc1.I. The number of methoxy groups -OCH3 is 1. The first kappa shape index (κ1) is 27.1. The highest BCUT2D eigenvalue weighted by Crippen LogP contribution is 2.19. The molecular weight excluding hydrogens is 465 g/mol. The maximum Gasteiger partial charge on any atom is 0.191 e. The summed E-state index contributed by atoms with van der Waals surface area (Å²) in [6.07, 6.45) is 1.07. The van der Waals surface area contributed by atoms with Gasteiger partial charge in [0.2, 0.25) is 0 Å². The van der Waals surface area contributed by atoms with Crippen LogP contribution >= 0.6 is 24.0 Å². The predicted molar refractivity (Wildman–Crippen MR) is 131 cm³/mol. The summed E-state index contributed by atoms with van der Waals surface area (Å²) in [5.41, 5.74) is 1.34. The normalized spacial score (nSPS) is 12.8. The van der Waals surface area contributed by atoms with E-state index in [-0.39, 0.29) is 24.0 Å². The molecule has 7 heteroatoms. The highest BCUT2D eigenvalue weighted by atomic mass is 127. The van der Waals surface area contributed by atoms with Gasteiger partial charge in [0.25, 0.3) is 0 Å². The molecule has 0 aliphatic rings. The average molecular weight is 505 g/mol. The van der Waals surface area contributed by atoms with Crippen LogP contribution in [0, 0.1) is 0 Å². The second-order valence-corrected chi connectivity index (χ2v) is 6.68. The van der Waals surface area contributed by atoms with Crippen LogP contribution in [0.2, 0.25) is 0 Å². The molecule has 0 aliphatic heterocycles. The predicted octanol–water partition coefficient (Wildman–Crippen LogP) is 2.82. The Labute approximate surface area is 189 Å². The molecule has 0 amide bonds. The van der Waals surface area contributed by atoms with Crippen molar-refractivity contribution in [1.29, 1.82) is 0 Å². The third kappa shape index (κ3) is 10.6. The Bertz CT molecular complexity index is 511. The monoisotopic (exact) mass is 505 g/mol. The van der Waals surface area contributed by atoms with Crippen molar-refractivity contribution in [3.8, 4) is 0 Å². The number of halogens is 1. The molecule has 0 aromatic heterocycles. The largest absolute Gasteiger partial charge is 0.383 e. The van der Waals surface area contributed by atoms with Crippen LogP contribution in [0.1, 0.15) is 31.9 Å². The molecule has 0 saturated heterocycles. The Kier molecular flexibility index (Phi) is 16.5. The maximum absolute atomic E-state index is 5.11. The molecular formula is C21H40IN5O. The van der Waals surface area contributed by atoms with Crippen LogP contribution in [0.25, 0.3) is 0 Å². The third-order valence-electron chi connectivity index (χ3n) is 4.81. The van der Waals surface area contributed by atoms with Crippen LogP contribution in [-0.2, 0) is 4.74 Å². The van der Waals surface area contributed by atoms with E-state index >= 15 is 0 Å². The first-order valence-corrected chi connectivity index (χ1v) is 10.1. The summed E-state index contributed by atoms with van der Waals surface area (Å²) in [5, 5.41) is 6.93. The number of nitrogens with zero attached hydrogens (tertiary/aromatic N) is 3. The highest BCUT2D eigenvalue weighted by molar-refractivity contribution is 14.0. The van der Waals surface area contributed by atoms with Crippen LogP contribution < -0.4 is 10.6 Å². The van der Waals surface area contributed by atoms with Crippen LogP contribution in [0.3, 0.4) is 0 Å². The molecule has 0 spiro atoms. The molecule has 1 unspecified atom stereocenters. The van der Waals surface area contributed by atoms with Gasteiger partial charge < -0.3 is 20.3 Å². The Hall–Kier alpha value is -0.900. The molecule has 6 nitrogen and oxygen atoms in total. The van der Waals surface area contributed by atoms with Crippen molar-refractivity contribution >= 4 is 29.9 Å². The Morgan fingerprint density at radius 1 is 1.11 bits per heavy atom. The van der Waals surface area contributed by atoms with Gasteiger partial charge in [-0.2, -0.15) is 0 Å². The second kappa shape index (κ2) is 17.0. The molecule has 0 fully saturated rings. The molecule has 162 valence electrons. The zero-order valence-corrected chi connectivity index (χ0v) is 20.6. The Morgan fingerprint density at radius 3 is 2.36 bits per heavy atom. The summed E-state index contributed by atoms with van der Waals surface area (Å²) in [4.78, 5) is 9.13. The number of likely N-dealkylation sites (N-methyl/N-ethyl adjacent to an activating group) is 2. The minimum Gasteiger partial charge on any atom is -0.383 e. The van der Waals surface area contributed by atoms with Gasteiger partial charge in [0.05, 0.1) is 12.6 Å². The van der Waals surface area contributed by atoms with Gasteiger partial charge in [0.15, 0.2) is 5.96 Å². The summed E-state index contributed by atoms with van der Waals surface area (Å²) in [5.74, 6) is 0.864. The van der Waals surface area contributed by atoms with Crippen molar-refractivity contribution in [2.75, 3.05) is 67.1 Å². The van der Waals surface area contributed by atoms with Crippen molar-refractivity contribution in [3.63, 3.8) is 0 Å². The van der Waals surface area contributed by atoms with Gasteiger partial charge in [0.1, 0.15) is 0 Å². The first-order valence-electron chi connectivity index (χ1n) is 10.1. The van der Waals surface area contributed by atoms with E-state index in [0.29, 0.717) is 6.04 Å². The number of benzene rings is 1. The smallest absolute Gasteiger partial charge is 0.191 e. The fraction of sp³-hybridized carbons (Fsp3) is 0.667. The molecule has 0 aliphatic carbocycles. The van der Waals surface area contributed by atoms with Gasteiger partial charge in [-0.1, -0.05) is 44.2 Å². The summed E-state index contributed by atoms with van der Waals surface area (Å²) in [6, 6.07) is 11.0. The van der Waals surface area contributed by atoms with Crippen molar-refractivity contribution in [2.24, 2.45) is 4.99 Å². The van der Waals surface area contributed by atoms with E-state index in [1.165, 1.54) is 5.56 Å². The lowest BCUT2D eigenvalue weighted by molar-refractivity contribution is 0.161. The number of rotatable bonds is 13. The molecule has 0 radical (unpaired) electrons. The Morgan fingerprint density at radius 2 is 1.79 bits per heavy atom. The third-order valence-corrected chi connectivity index (χ3v) is 4.81. The maximum atomic E-state index is 5.11. The fourth-order valence-electron chi connectivity index (χ4n) is 3.13. The summed E-state index contributed by atoms with van der Waals surface area (Å²) < 4.78 is 5.11. The first-order chi connectivity index (χ1) is 13.2. The van der Waals surface area contributed by atoms with Crippen molar-refractivity contribution in [3.05, 3.63) is 35.9 Å². The molecule has 28 heavy (non-hydrogen) atoms. The lowest BCUT2D eigenvalue weighted by atomic mass is 10.1. The summed E-state index contributed by atoms with van der Waals surface area (Å²) in [7, 11) is 5.70. The van der Waals surface area contributed by atoms with Gasteiger partial charge in [-0.15, -0.1) is 24.0 Å². The number of hydrogen-bond acceptors (Lipinski definition) is 4. The van der Waals surface area contributed by atoms with Gasteiger partial charge in [0, 0.05) is 33.8 Å².